The molecule has 0 spiro atoms. The van der Waals surface area contributed by atoms with E-state index in [1.807, 2.05) is 6.92 Å². The first-order valence-corrected chi connectivity index (χ1v) is 6.17. The number of aliphatic carboxylic acids is 1. The fourth-order valence-electron chi connectivity index (χ4n) is 1.71. The molecule has 1 aromatic heterocycles. The van der Waals surface area contributed by atoms with Gasteiger partial charge in [0.05, 0.1) is 6.20 Å². The number of hydrogen-bond acceptors (Lipinski definition) is 4. The summed E-state index contributed by atoms with van der Waals surface area (Å²) in [5.41, 5.74) is 6.43. The highest BCUT2D eigenvalue weighted by atomic mass is 16.4. The summed E-state index contributed by atoms with van der Waals surface area (Å²) in [5.74, 6) is -1.27. The Morgan fingerprint density at radius 1 is 1.58 bits per heavy atom. The number of aryl methyl sites for hydroxylation is 1. The van der Waals surface area contributed by atoms with Crippen molar-refractivity contribution in [2.75, 3.05) is 6.54 Å². The molecular weight excluding hydrogens is 248 g/mol. The summed E-state index contributed by atoms with van der Waals surface area (Å²) in [4.78, 5) is 22.5. The van der Waals surface area contributed by atoms with Crippen LogP contribution in [0, 0.1) is 5.92 Å². The van der Waals surface area contributed by atoms with Crippen molar-refractivity contribution in [3.8, 4) is 0 Å². The van der Waals surface area contributed by atoms with Crippen LogP contribution in [0.3, 0.4) is 0 Å². The lowest BCUT2D eigenvalue weighted by molar-refractivity contribution is -0.138. The predicted molar refractivity (Wildman–Crippen MR) is 69.2 cm³/mol. The molecular formula is C12H20N4O3. The first-order chi connectivity index (χ1) is 8.93. The van der Waals surface area contributed by atoms with Gasteiger partial charge in [-0.25, -0.2) is 0 Å². The number of carbonyl (C=O) groups is 2. The van der Waals surface area contributed by atoms with Crippen LogP contribution in [-0.4, -0.2) is 33.3 Å². The lowest BCUT2D eigenvalue weighted by atomic mass is 10.0. The van der Waals surface area contributed by atoms with Gasteiger partial charge in [-0.3, -0.25) is 14.3 Å². The van der Waals surface area contributed by atoms with Crippen LogP contribution in [-0.2, 0) is 16.6 Å². The highest BCUT2D eigenvalue weighted by Crippen LogP contribution is 2.10. The largest absolute Gasteiger partial charge is 0.481 e. The molecule has 1 aromatic rings. The molecule has 2 atom stereocenters. The minimum absolute atomic E-state index is 0.0406. The number of nitrogens with zero attached hydrogens (tertiary/aromatic N) is 2. The zero-order valence-corrected chi connectivity index (χ0v) is 11.2. The number of carboxylic acids is 1. The molecule has 106 valence electrons. The van der Waals surface area contributed by atoms with Gasteiger partial charge < -0.3 is 16.2 Å². The van der Waals surface area contributed by atoms with E-state index < -0.39 is 12.0 Å². The van der Waals surface area contributed by atoms with Gasteiger partial charge in [0, 0.05) is 31.8 Å². The van der Waals surface area contributed by atoms with Gasteiger partial charge in [0.25, 0.3) is 0 Å². The van der Waals surface area contributed by atoms with Gasteiger partial charge in [-0.2, -0.15) is 5.10 Å². The first kappa shape index (κ1) is 15.2. The van der Waals surface area contributed by atoms with E-state index in [4.69, 9.17) is 10.8 Å². The van der Waals surface area contributed by atoms with E-state index in [-0.39, 0.29) is 18.2 Å². The number of nitrogens with two attached hydrogens (primary N) is 1. The Kier molecular flexibility index (Phi) is 5.50. The third-order valence-corrected chi connectivity index (χ3v) is 2.97. The van der Waals surface area contributed by atoms with Gasteiger partial charge in [-0.1, -0.05) is 13.3 Å². The van der Waals surface area contributed by atoms with Gasteiger partial charge in [0.1, 0.15) is 6.04 Å². The highest BCUT2D eigenvalue weighted by molar-refractivity contribution is 5.82. The topological polar surface area (TPSA) is 110 Å². The van der Waals surface area contributed by atoms with Crippen molar-refractivity contribution in [1.29, 1.82) is 0 Å². The molecule has 0 fully saturated rings. The Morgan fingerprint density at radius 2 is 2.26 bits per heavy atom. The molecule has 2 unspecified atom stereocenters. The third-order valence-electron chi connectivity index (χ3n) is 2.97. The number of nitrogens with one attached hydrogen (secondary N) is 1. The van der Waals surface area contributed by atoms with Crippen LogP contribution in [0.2, 0.25) is 0 Å². The van der Waals surface area contributed by atoms with E-state index >= 15 is 0 Å². The molecule has 7 heteroatoms. The lowest BCUT2D eigenvalue weighted by Gasteiger charge is -2.15. The van der Waals surface area contributed by atoms with E-state index in [9.17, 15) is 9.59 Å². The van der Waals surface area contributed by atoms with E-state index in [2.05, 4.69) is 10.4 Å². The van der Waals surface area contributed by atoms with Crippen LogP contribution < -0.4 is 11.1 Å². The Hall–Kier alpha value is -1.89. The van der Waals surface area contributed by atoms with E-state index in [1.54, 1.807) is 24.1 Å². The van der Waals surface area contributed by atoms with Crippen molar-refractivity contribution in [3.05, 3.63) is 18.0 Å². The van der Waals surface area contributed by atoms with Crippen LogP contribution in [0.15, 0.2) is 12.4 Å². The number of aromatic nitrogens is 2. The maximum absolute atomic E-state index is 11.8. The molecule has 0 aliphatic rings. The van der Waals surface area contributed by atoms with Crippen LogP contribution in [0.25, 0.3) is 0 Å². The molecule has 4 N–H and O–H groups in total. The van der Waals surface area contributed by atoms with Gasteiger partial charge in [-0.05, 0) is 5.92 Å². The van der Waals surface area contributed by atoms with Gasteiger partial charge in [0.15, 0.2) is 0 Å². The van der Waals surface area contributed by atoms with Crippen LogP contribution >= 0.6 is 0 Å². The summed E-state index contributed by atoms with van der Waals surface area (Å²) >= 11 is 0. The van der Waals surface area contributed by atoms with Crippen LogP contribution in [0.5, 0.6) is 0 Å². The van der Waals surface area contributed by atoms with Crippen molar-refractivity contribution in [2.45, 2.75) is 25.8 Å². The summed E-state index contributed by atoms with van der Waals surface area (Å²) in [6.07, 6.45) is 3.95. The second kappa shape index (κ2) is 6.89. The summed E-state index contributed by atoms with van der Waals surface area (Å²) in [5, 5.41) is 15.4. The van der Waals surface area contributed by atoms with E-state index in [1.165, 1.54) is 0 Å². The number of carboxylic acid groups (broad SMARTS) is 1. The van der Waals surface area contributed by atoms with E-state index in [0.717, 1.165) is 0 Å². The van der Waals surface area contributed by atoms with E-state index in [0.29, 0.717) is 18.5 Å². The molecule has 0 aliphatic carbocycles. The van der Waals surface area contributed by atoms with Gasteiger partial charge >= 0.3 is 5.97 Å². The maximum atomic E-state index is 11.8. The lowest BCUT2D eigenvalue weighted by Crippen LogP contribution is -2.37. The zero-order valence-electron chi connectivity index (χ0n) is 11.2. The quantitative estimate of drug-likeness (QED) is 0.646. The van der Waals surface area contributed by atoms with Crippen molar-refractivity contribution >= 4 is 11.9 Å². The highest BCUT2D eigenvalue weighted by Gasteiger charge is 2.19. The number of amides is 1. The molecule has 0 aromatic carbocycles. The standard InChI is InChI=1S/C12H20N4O3/c1-3-8(4-10(17)18)5-14-12(19)11(13)9-6-15-16(2)7-9/h6-8,11H,3-5,13H2,1-2H3,(H,14,19)(H,17,18). The molecule has 0 bridgehead atoms. The number of hydrogen-bond donors (Lipinski definition) is 3. The predicted octanol–water partition coefficient (Wildman–Crippen LogP) is 0.0370. The summed E-state index contributed by atoms with van der Waals surface area (Å²) in [7, 11) is 1.74. The van der Waals surface area contributed by atoms with Gasteiger partial charge in [-0.15, -0.1) is 0 Å². The number of rotatable bonds is 7. The fourth-order valence-corrected chi connectivity index (χ4v) is 1.71. The molecule has 1 heterocycles. The van der Waals surface area contributed by atoms with Crippen molar-refractivity contribution in [2.24, 2.45) is 18.7 Å². The molecule has 0 saturated carbocycles. The zero-order chi connectivity index (χ0) is 14.4. The molecule has 19 heavy (non-hydrogen) atoms. The molecule has 0 aliphatic heterocycles. The minimum Gasteiger partial charge on any atom is -0.481 e. The van der Waals surface area contributed by atoms with Crippen molar-refractivity contribution in [1.82, 2.24) is 15.1 Å². The smallest absolute Gasteiger partial charge is 0.303 e. The molecule has 0 saturated heterocycles. The SMILES string of the molecule is CCC(CNC(=O)C(N)c1cnn(C)c1)CC(=O)O. The second-order valence-electron chi connectivity index (χ2n) is 4.54. The fraction of sp³-hybridized carbons (Fsp3) is 0.583. The summed E-state index contributed by atoms with van der Waals surface area (Å²) in [6, 6.07) is -0.781. The third kappa shape index (κ3) is 4.70. The minimum atomic E-state index is -0.863. The molecule has 0 radical (unpaired) electrons. The average Bonchev–Trinajstić information content (AvgIpc) is 2.79. The van der Waals surface area contributed by atoms with Gasteiger partial charge in [0.2, 0.25) is 5.91 Å². The molecule has 1 amide bonds. The van der Waals surface area contributed by atoms with Crippen molar-refractivity contribution in [3.63, 3.8) is 0 Å². The Morgan fingerprint density at radius 3 is 2.74 bits per heavy atom. The Bertz CT molecular complexity index is 444. The average molecular weight is 268 g/mol. The Labute approximate surface area is 111 Å². The summed E-state index contributed by atoms with van der Waals surface area (Å²) in [6.45, 7) is 2.20. The maximum Gasteiger partial charge on any atom is 0.303 e. The normalized spacial score (nSPS) is 13.8. The summed E-state index contributed by atoms with van der Waals surface area (Å²) < 4.78 is 1.57. The second-order valence-corrected chi connectivity index (χ2v) is 4.54. The molecule has 1 rings (SSSR count). The van der Waals surface area contributed by atoms with Crippen molar-refractivity contribution < 1.29 is 14.7 Å². The monoisotopic (exact) mass is 268 g/mol. The first-order valence-electron chi connectivity index (χ1n) is 6.17. The van der Waals surface area contributed by atoms with Crippen LogP contribution in [0.1, 0.15) is 31.4 Å². The number of carbonyl (C=O) groups excluding carboxylic acids is 1. The Balaban J connectivity index is 2.48. The molecule has 7 nitrogen and oxygen atoms in total. The van der Waals surface area contributed by atoms with Crippen LogP contribution in [0.4, 0.5) is 0 Å².